The van der Waals surface area contributed by atoms with Gasteiger partial charge in [-0.05, 0) is 6.42 Å². The van der Waals surface area contributed by atoms with Gasteiger partial charge in [-0.2, -0.15) is 0 Å². The first kappa shape index (κ1) is 14.9. The third-order valence-corrected chi connectivity index (χ3v) is 3.61. The van der Waals surface area contributed by atoms with Gasteiger partial charge in [0.15, 0.2) is 0 Å². The van der Waals surface area contributed by atoms with Crippen LogP contribution in [0.5, 0.6) is 0 Å². The second-order valence-corrected chi connectivity index (χ2v) is 6.54. The zero-order valence-electron chi connectivity index (χ0n) is 10.4. The zero-order valence-corrected chi connectivity index (χ0v) is 11.3. The first-order chi connectivity index (χ1) is 8.40. The molecule has 1 rings (SSSR count). The number of carbonyl (C=O) groups is 2. The topological polar surface area (TPSA) is 95.6 Å². The van der Waals surface area contributed by atoms with E-state index in [0.717, 1.165) is 6.26 Å². The largest absolute Gasteiger partial charge is 0.348 e. The Bertz CT molecular complexity index is 401. The van der Waals surface area contributed by atoms with Crippen LogP contribution in [0.15, 0.2) is 0 Å². The molecular weight excluding hydrogens is 258 g/mol. The molecule has 0 aromatic heterocycles. The molecule has 2 amide bonds. The van der Waals surface area contributed by atoms with Gasteiger partial charge >= 0.3 is 11.8 Å². The Morgan fingerprint density at radius 1 is 1.28 bits per heavy atom. The van der Waals surface area contributed by atoms with E-state index >= 15 is 0 Å². The highest BCUT2D eigenvalue weighted by Crippen LogP contribution is 1.94. The van der Waals surface area contributed by atoms with Crippen LogP contribution in [-0.2, 0) is 19.4 Å². The fourth-order valence-corrected chi connectivity index (χ4v) is 2.29. The Balaban J connectivity index is 2.25. The average molecular weight is 277 g/mol. The van der Waals surface area contributed by atoms with Crippen molar-refractivity contribution in [1.82, 2.24) is 15.5 Å². The van der Waals surface area contributed by atoms with Gasteiger partial charge in [-0.15, -0.1) is 0 Å². The molecule has 0 aromatic rings. The molecule has 0 unspecified atom stereocenters. The molecule has 0 saturated carbocycles. The number of hydrogen-bond donors (Lipinski definition) is 2. The summed E-state index contributed by atoms with van der Waals surface area (Å²) >= 11 is 0. The minimum absolute atomic E-state index is 0.00903. The summed E-state index contributed by atoms with van der Waals surface area (Å²) in [5.41, 5.74) is 0. The van der Waals surface area contributed by atoms with Gasteiger partial charge in [-0.1, -0.05) is 0 Å². The summed E-state index contributed by atoms with van der Waals surface area (Å²) in [6, 6.07) is 0. The Labute approximate surface area is 107 Å². The van der Waals surface area contributed by atoms with Crippen molar-refractivity contribution < 1.29 is 18.0 Å². The molecule has 104 valence electrons. The Kier molecular flexibility index (Phi) is 5.54. The summed E-state index contributed by atoms with van der Waals surface area (Å²) in [4.78, 5) is 24.6. The molecular formula is C10H19N3O4S. The van der Waals surface area contributed by atoms with Gasteiger partial charge in [0.1, 0.15) is 9.84 Å². The van der Waals surface area contributed by atoms with E-state index in [-0.39, 0.29) is 12.3 Å². The molecule has 0 aliphatic carbocycles. The number of amides is 2. The Hall–Kier alpha value is -1.15. The molecule has 0 radical (unpaired) electrons. The highest BCUT2D eigenvalue weighted by atomic mass is 32.2. The van der Waals surface area contributed by atoms with Crippen molar-refractivity contribution in [2.75, 3.05) is 44.7 Å². The Morgan fingerprint density at radius 2 is 1.89 bits per heavy atom. The normalized spacial score (nSPS) is 16.4. The van der Waals surface area contributed by atoms with Gasteiger partial charge in [0.2, 0.25) is 0 Å². The SMILES string of the molecule is CS(=O)(=O)CCCNC(=O)C(=O)N1CCNCC1. The van der Waals surface area contributed by atoms with Crippen LogP contribution in [0.3, 0.4) is 0 Å². The zero-order chi connectivity index (χ0) is 13.6. The van der Waals surface area contributed by atoms with E-state index < -0.39 is 21.7 Å². The third kappa shape index (κ3) is 5.46. The monoisotopic (exact) mass is 277 g/mol. The molecule has 0 aromatic carbocycles. The Morgan fingerprint density at radius 3 is 2.44 bits per heavy atom. The molecule has 7 nitrogen and oxygen atoms in total. The van der Waals surface area contributed by atoms with Crippen LogP contribution in [0.4, 0.5) is 0 Å². The lowest BCUT2D eigenvalue weighted by Crippen LogP contribution is -2.51. The highest BCUT2D eigenvalue weighted by Gasteiger charge is 2.22. The van der Waals surface area contributed by atoms with Crippen LogP contribution < -0.4 is 10.6 Å². The number of nitrogens with one attached hydrogen (secondary N) is 2. The fraction of sp³-hybridized carbons (Fsp3) is 0.800. The summed E-state index contributed by atoms with van der Waals surface area (Å²) in [7, 11) is -3.02. The maximum absolute atomic E-state index is 11.7. The summed E-state index contributed by atoms with van der Waals surface area (Å²) in [6.45, 7) is 2.62. The lowest BCUT2D eigenvalue weighted by atomic mass is 10.3. The molecule has 2 N–H and O–H groups in total. The maximum atomic E-state index is 11.7. The molecule has 1 saturated heterocycles. The summed E-state index contributed by atoms with van der Waals surface area (Å²) < 4.78 is 21.7. The predicted molar refractivity (Wildman–Crippen MR) is 66.8 cm³/mol. The van der Waals surface area contributed by atoms with E-state index in [4.69, 9.17) is 0 Å². The van der Waals surface area contributed by atoms with Crippen LogP contribution in [0, 0.1) is 0 Å². The van der Waals surface area contributed by atoms with Crippen molar-refractivity contribution in [3.63, 3.8) is 0 Å². The smallest absolute Gasteiger partial charge is 0.311 e. The molecule has 1 heterocycles. The van der Waals surface area contributed by atoms with Gasteiger partial charge in [0.05, 0.1) is 5.75 Å². The first-order valence-corrected chi connectivity index (χ1v) is 7.92. The van der Waals surface area contributed by atoms with E-state index in [1.807, 2.05) is 0 Å². The third-order valence-electron chi connectivity index (χ3n) is 2.58. The molecule has 0 spiro atoms. The fourth-order valence-electron chi connectivity index (χ4n) is 1.62. The lowest BCUT2D eigenvalue weighted by molar-refractivity contribution is -0.146. The van der Waals surface area contributed by atoms with Crippen LogP contribution in [-0.4, -0.2) is 69.9 Å². The van der Waals surface area contributed by atoms with Crippen molar-refractivity contribution in [2.24, 2.45) is 0 Å². The van der Waals surface area contributed by atoms with E-state index in [2.05, 4.69) is 10.6 Å². The summed E-state index contributed by atoms with van der Waals surface area (Å²) in [5, 5.41) is 5.52. The second kappa shape index (κ2) is 6.69. The standard InChI is InChI=1S/C10H19N3O4S/c1-18(16,17)8-2-3-12-9(14)10(15)13-6-4-11-5-7-13/h11H,2-8H2,1H3,(H,12,14). The summed E-state index contributed by atoms with van der Waals surface area (Å²) in [5.74, 6) is -1.20. The molecule has 18 heavy (non-hydrogen) atoms. The second-order valence-electron chi connectivity index (χ2n) is 4.28. The van der Waals surface area contributed by atoms with Gasteiger partial charge in [0.25, 0.3) is 0 Å². The van der Waals surface area contributed by atoms with E-state index in [0.29, 0.717) is 32.6 Å². The van der Waals surface area contributed by atoms with Crippen molar-refractivity contribution in [1.29, 1.82) is 0 Å². The maximum Gasteiger partial charge on any atom is 0.311 e. The van der Waals surface area contributed by atoms with Crippen molar-refractivity contribution in [3.05, 3.63) is 0 Å². The van der Waals surface area contributed by atoms with Gasteiger partial charge in [-0.25, -0.2) is 8.42 Å². The van der Waals surface area contributed by atoms with Gasteiger partial charge in [0, 0.05) is 39.0 Å². The molecule has 8 heteroatoms. The van der Waals surface area contributed by atoms with E-state index in [9.17, 15) is 18.0 Å². The number of hydrogen-bond acceptors (Lipinski definition) is 5. The molecule has 1 aliphatic rings. The van der Waals surface area contributed by atoms with Crippen molar-refractivity contribution >= 4 is 21.7 Å². The van der Waals surface area contributed by atoms with Crippen LogP contribution in [0.25, 0.3) is 0 Å². The number of nitrogens with zero attached hydrogens (tertiary/aromatic N) is 1. The molecule has 0 atom stereocenters. The van der Waals surface area contributed by atoms with Crippen molar-refractivity contribution in [3.8, 4) is 0 Å². The van der Waals surface area contributed by atoms with Crippen LogP contribution in [0.2, 0.25) is 0 Å². The van der Waals surface area contributed by atoms with Crippen LogP contribution in [0.1, 0.15) is 6.42 Å². The minimum atomic E-state index is -3.02. The number of carbonyl (C=O) groups excluding carboxylic acids is 2. The van der Waals surface area contributed by atoms with Crippen LogP contribution >= 0.6 is 0 Å². The average Bonchev–Trinajstić information content (AvgIpc) is 2.33. The number of rotatable bonds is 4. The highest BCUT2D eigenvalue weighted by molar-refractivity contribution is 7.90. The quantitative estimate of drug-likeness (QED) is 0.456. The summed E-state index contributed by atoms with van der Waals surface area (Å²) in [6.07, 6.45) is 1.46. The van der Waals surface area contributed by atoms with E-state index in [1.54, 1.807) is 0 Å². The molecule has 1 aliphatic heterocycles. The predicted octanol–water partition coefficient (Wildman–Crippen LogP) is -2.03. The number of piperazine rings is 1. The minimum Gasteiger partial charge on any atom is -0.348 e. The van der Waals surface area contributed by atoms with E-state index in [1.165, 1.54) is 4.90 Å². The first-order valence-electron chi connectivity index (χ1n) is 5.86. The number of sulfone groups is 1. The van der Waals surface area contributed by atoms with Gasteiger partial charge < -0.3 is 15.5 Å². The lowest BCUT2D eigenvalue weighted by Gasteiger charge is -2.26. The molecule has 0 bridgehead atoms. The van der Waals surface area contributed by atoms with Crippen molar-refractivity contribution in [2.45, 2.75) is 6.42 Å². The van der Waals surface area contributed by atoms with Gasteiger partial charge in [-0.3, -0.25) is 9.59 Å². The molecule has 1 fully saturated rings.